The highest BCUT2D eigenvalue weighted by molar-refractivity contribution is 6.32. The van der Waals surface area contributed by atoms with Crippen molar-refractivity contribution in [1.29, 1.82) is 0 Å². The molecule has 0 aliphatic carbocycles. The maximum absolute atomic E-state index is 5.91. The molecule has 0 spiro atoms. The Morgan fingerprint density at radius 1 is 1.54 bits per heavy atom. The van der Waals surface area contributed by atoms with Gasteiger partial charge in [0.05, 0.1) is 11.2 Å². The summed E-state index contributed by atoms with van der Waals surface area (Å²) in [5.74, 6) is 1.33. The van der Waals surface area contributed by atoms with Crippen molar-refractivity contribution in [1.82, 2.24) is 25.0 Å². The summed E-state index contributed by atoms with van der Waals surface area (Å²) in [5.41, 5.74) is 0.728. The molecule has 2 aromatic rings. The summed E-state index contributed by atoms with van der Waals surface area (Å²) in [5, 5.41) is 11.3. The quantitative estimate of drug-likeness (QED) is 0.747. The lowest BCUT2D eigenvalue weighted by atomic mass is 10.4. The SMILES string of the molecule is Cc1nc(-c2c(Cl)cnn2C)n[nH]1. The molecule has 13 heavy (non-hydrogen) atoms. The molecule has 2 rings (SSSR count). The second kappa shape index (κ2) is 2.85. The summed E-state index contributed by atoms with van der Waals surface area (Å²) in [7, 11) is 1.80. The van der Waals surface area contributed by atoms with Gasteiger partial charge in [-0.05, 0) is 6.92 Å². The summed E-state index contributed by atoms with van der Waals surface area (Å²) >= 11 is 5.91. The highest BCUT2D eigenvalue weighted by atomic mass is 35.5. The molecule has 0 fully saturated rings. The van der Waals surface area contributed by atoms with Gasteiger partial charge in [0.25, 0.3) is 0 Å². The zero-order valence-corrected chi connectivity index (χ0v) is 8.00. The fourth-order valence-electron chi connectivity index (χ4n) is 1.11. The van der Waals surface area contributed by atoms with E-state index in [1.54, 1.807) is 17.9 Å². The molecular weight excluding hydrogens is 190 g/mol. The normalized spacial score (nSPS) is 10.7. The summed E-state index contributed by atoms with van der Waals surface area (Å²) < 4.78 is 1.64. The van der Waals surface area contributed by atoms with Crippen LogP contribution in [0.5, 0.6) is 0 Å². The van der Waals surface area contributed by atoms with Gasteiger partial charge in [-0.1, -0.05) is 11.6 Å². The molecule has 0 bridgehead atoms. The van der Waals surface area contributed by atoms with Gasteiger partial charge in [-0.2, -0.15) is 10.2 Å². The first-order valence-corrected chi connectivity index (χ1v) is 4.13. The zero-order chi connectivity index (χ0) is 9.42. The number of aromatic amines is 1. The molecule has 0 atom stereocenters. The number of hydrogen-bond acceptors (Lipinski definition) is 3. The van der Waals surface area contributed by atoms with E-state index in [0.717, 1.165) is 11.5 Å². The van der Waals surface area contributed by atoms with Crippen LogP contribution in [0.1, 0.15) is 5.82 Å². The van der Waals surface area contributed by atoms with Crippen molar-refractivity contribution in [2.75, 3.05) is 0 Å². The van der Waals surface area contributed by atoms with Gasteiger partial charge in [-0.15, -0.1) is 0 Å². The van der Waals surface area contributed by atoms with Crippen LogP contribution in [0.25, 0.3) is 11.5 Å². The summed E-state index contributed by atoms with van der Waals surface area (Å²) in [4.78, 5) is 4.16. The molecule has 0 saturated carbocycles. The fraction of sp³-hybridized carbons (Fsp3) is 0.286. The van der Waals surface area contributed by atoms with Gasteiger partial charge in [0.1, 0.15) is 11.5 Å². The van der Waals surface area contributed by atoms with E-state index >= 15 is 0 Å². The van der Waals surface area contributed by atoms with Crippen LogP contribution < -0.4 is 0 Å². The van der Waals surface area contributed by atoms with E-state index in [1.165, 1.54) is 0 Å². The topological polar surface area (TPSA) is 59.4 Å². The third-order valence-corrected chi connectivity index (χ3v) is 1.98. The molecule has 5 nitrogen and oxygen atoms in total. The minimum absolute atomic E-state index is 0.557. The predicted molar refractivity (Wildman–Crippen MR) is 48.3 cm³/mol. The van der Waals surface area contributed by atoms with E-state index < -0.39 is 0 Å². The summed E-state index contributed by atoms with van der Waals surface area (Å²) in [6, 6.07) is 0. The van der Waals surface area contributed by atoms with E-state index in [2.05, 4.69) is 20.3 Å². The first-order valence-electron chi connectivity index (χ1n) is 3.75. The minimum atomic E-state index is 0.557. The molecule has 0 aliphatic rings. The number of aryl methyl sites for hydroxylation is 2. The average Bonchev–Trinajstić information content (AvgIpc) is 2.60. The Kier molecular flexibility index (Phi) is 1.81. The summed E-state index contributed by atoms with van der Waals surface area (Å²) in [6.07, 6.45) is 1.57. The lowest BCUT2D eigenvalue weighted by molar-refractivity contribution is 0.770. The average molecular weight is 198 g/mol. The van der Waals surface area contributed by atoms with Crippen LogP contribution in [-0.4, -0.2) is 25.0 Å². The Morgan fingerprint density at radius 3 is 2.77 bits per heavy atom. The highest BCUT2D eigenvalue weighted by Gasteiger charge is 2.12. The number of aromatic nitrogens is 5. The Hall–Kier alpha value is -1.36. The second-order valence-electron chi connectivity index (χ2n) is 2.71. The molecule has 0 saturated heterocycles. The number of halogens is 1. The van der Waals surface area contributed by atoms with Gasteiger partial charge < -0.3 is 0 Å². The van der Waals surface area contributed by atoms with E-state index in [9.17, 15) is 0 Å². The van der Waals surface area contributed by atoms with Crippen LogP contribution in [0.3, 0.4) is 0 Å². The van der Waals surface area contributed by atoms with Crippen molar-refractivity contribution < 1.29 is 0 Å². The molecule has 2 aromatic heterocycles. The lowest BCUT2D eigenvalue weighted by Gasteiger charge is -1.95. The highest BCUT2D eigenvalue weighted by Crippen LogP contribution is 2.23. The van der Waals surface area contributed by atoms with Crippen LogP contribution >= 0.6 is 11.6 Å². The standard InChI is InChI=1S/C7H8ClN5/c1-4-10-7(12-11-4)6-5(8)3-9-13(6)2/h3H,1-2H3,(H,10,11,12). The molecule has 1 N–H and O–H groups in total. The third-order valence-electron chi connectivity index (χ3n) is 1.70. The van der Waals surface area contributed by atoms with Crippen molar-refractivity contribution in [3.8, 4) is 11.5 Å². The number of nitrogens with zero attached hydrogens (tertiary/aromatic N) is 4. The van der Waals surface area contributed by atoms with Gasteiger partial charge in [-0.25, -0.2) is 4.98 Å². The van der Waals surface area contributed by atoms with Crippen molar-refractivity contribution in [2.24, 2.45) is 7.05 Å². The summed E-state index contributed by atoms with van der Waals surface area (Å²) in [6.45, 7) is 1.83. The van der Waals surface area contributed by atoms with Crippen molar-refractivity contribution in [3.05, 3.63) is 17.0 Å². The Balaban J connectivity index is 2.57. The first kappa shape index (κ1) is 8.25. The Morgan fingerprint density at radius 2 is 2.31 bits per heavy atom. The van der Waals surface area contributed by atoms with Gasteiger partial charge in [-0.3, -0.25) is 9.78 Å². The van der Waals surface area contributed by atoms with Crippen molar-refractivity contribution in [2.45, 2.75) is 6.92 Å². The van der Waals surface area contributed by atoms with Gasteiger partial charge in [0, 0.05) is 7.05 Å². The largest absolute Gasteiger partial charge is 0.263 e. The minimum Gasteiger partial charge on any atom is -0.263 e. The Labute approximate surface area is 79.7 Å². The molecule has 68 valence electrons. The van der Waals surface area contributed by atoms with E-state index in [-0.39, 0.29) is 0 Å². The van der Waals surface area contributed by atoms with Crippen LogP contribution in [0.15, 0.2) is 6.20 Å². The van der Waals surface area contributed by atoms with Crippen LogP contribution in [-0.2, 0) is 7.05 Å². The van der Waals surface area contributed by atoms with Crippen molar-refractivity contribution >= 4 is 11.6 Å². The third kappa shape index (κ3) is 1.31. The lowest BCUT2D eigenvalue weighted by Crippen LogP contribution is -1.94. The molecule has 0 aliphatic heterocycles. The van der Waals surface area contributed by atoms with Gasteiger partial charge >= 0.3 is 0 Å². The van der Waals surface area contributed by atoms with Gasteiger partial charge in [0.15, 0.2) is 0 Å². The zero-order valence-electron chi connectivity index (χ0n) is 7.24. The predicted octanol–water partition coefficient (Wildman–Crippen LogP) is 1.17. The van der Waals surface area contributed by atoms with Crippen LogP contribution in [0.2, 0.25) is 5.02 Å². The molecule has 0 unspecified atom stereocenters. The van der Waals surface area contributed by atoms with Crippen LogP contribution in [0.4, 0.5) is 0 Å². The molecule has 6 heteroatoms. The fourth-order valence-corrected chi connectivity index (χ4v) is 1.36. The molecular formula is C7H8ClN5. The maximum Gasteiger partial charge on any atom is 0.200 e. The maximum atomic E-state index is 5.91. The molecule has 0 radical (unpaired) electrons. The van der Waals surface area contributed by atoms with E-state index in [1.807, 2.05) is 6.92 Å². The van der Waals surface area contributed by atoms with Gasteiger partial charge in [0.2, 0.25) is 5.82 Å². The monoisotopic (exact) mass is 197 g/mol. The van der Waals surface area contributed by atoms with Crippen LogP contribution in [0, 0.1) is 6.92 Å². The molecule has 0 aromatic carbocycles. The smallest absolute Gasteiger partial charge is 0.200 e. The van der Waals surface area contributed by atoms with E-state index in [0.29, 0.717) is 10.8 Å². The number of H-pyrrole nitrogens is 1. The molecule has 2 heterocycles. The van der Waals surface area contributed by atoms with E-state index in [4.69, 9.17) is 11.6 Å². The first-order chi connectivity index (χ1) is 6.18. The second-order valence-corrected chi connectivity index (χ2v) is 3.12. The number of hydrogen-bond donors (Lipinski definition) is 1. The Bertz CT molecular complexity index is 410. The number of rotatable bonds is 1. The van der Waals surface area contributed by atoms with Crippen molar-refractivity contribution in [3.63, 3.8) is 0 Å². The number of nitrogens with one attached hydrogen (secondary N) is 1. The molecule has 0 amide bonds.